The van der Waals surface area contributed by atoms with Crippen LogP contribution in [0.2, 0.25) is 0 Å². The van der Waals surface area contributed by atoms with Crippen LogP contribution in [0.5, 0.6) is 0 Å². The van der Waals surface area contributed by atoms with E-state index in [1.54, 1.807) is 12.1 Å². The maximum atomic E-state index is 11.1. The lowest BCUT2D eigenvalue weighted by atomic mass is 10.1. The molecule has 0 spiro atoms. The quantitative estimate of drug-likeness (QED) is 0.885. The summed E-state index contributed by atoms with van der Waals surface area (Å²) in [6, 6.07) is 5.38. The molecule has 3 rings (SSSR count). The topological polar surface area (TPSA) is 66.1 Å². The van der Waals surface area contributed by atoms with Crippen molar-refractivity contribution >= 4 is 36.7 Å². The fourth-order valence-electron chi connectivity index (χ4n) is 2.59. The highest BCUT2D eigenvalue weighted by Gasteiger charge is 2.15. The zero-order chi connectivity index (χ0) is 14.2. The van der Waals surface area contributed by atoms with Crippen molar-refractivity contribution in [2.24, 2.45) is 0 Å². The van der Waals surface area contributed by atoms with Gasteiger partial charge >= 0.3 is 0 Å². The second-order valence-corrected chi connectivity index (χ2v) is 7.92. The number of aromatic amines is 1. The van der Waals surface area contributed by atoms with Gasteiger partial charge in [0, 0.05) is 23.8 Å². The van der Waals surface area contributed by atoms with Gasteiger partial charge in [-0.15, -0.1) is 0 Å². The molecular formula is C13H16ClN3O2S. The average molecular weight is 314 g/mol. The number of rotatable bonds is 3. The van der Waals surface area contributed by atoms with Crippen molar-refractivity contribution in [1.82, 2.24) is 9.97 Å². The summed E-state index contributed by atoms with van der Waals surface area (Å²) < 4.78 is 22.2. The van der Waals surface area contributed by atoms with E-state index in [1.165, 1.54) is 19.3 Å². The first-order valence-electron chi connectivity index (χ1n) is 6.67. The fraction of sp³-hybridized carbons (Fsp3) is 0.462. The molecule has 5 nitrogen and oxygen atoms in total. The summed E-state index contributed by atoms with van der Waals surface area (Å²) >= 11 is 0. The monoisotopic (exact) mass is 313 g/mol. The van der Waals surface area contributed by atoms with Gasteiger partial charge in [-0.25, -0.2) is 13.4 Å². The van der Waals surface area contributed by atoms with Gasteiger partial charge in [-0.3, -0.25) is 0 Å². The van der Waals surface area contributed by atoms with Crippen molar-refractivity contribution in [2.75, 3.05) is 18.0 Å². The summed E-state index contributed by atoms with van der Waals surface area (Å²) in [5.74, 6) is 0.702. The molecule has 2 heterocycles. The zero-order valence-electron chi connectivity index (χ0n) is 11.0. The molecule has 1 N–H and O–H groups in total. The molecule has 108 valence electrons. The Labute approximate surface area is 122 Å². The van der Waals surface area contributed by atoms with Crippen LogP contribution in [-0.4, -0.2) is 31.5 Å². The van der Waals surface area contributed by atoms with Gasteiger partial charge < -0.3 is 9.88 Å². The number of hydrogen-bond donors (Lipinski definition) is 1. The number of aromatic nitrogens is 2. The minimum atomic E-state index is -3.53. The van der Waals surface area contributed by atoms with Crippen molar-refractivity contribution in [1.29, 1.82) is 0 Å². The van der Waals surface area contributed by atoms with Gasteiger partial charge in [-0.1, -0.05) is 6.07 Å². The van der Waals surface area contributed by atoms with E-state index in [0.29, 0.717) is 5.56 Å². The molecule has 1 aromatic heterocycles. The van der Waals surface area contributed by atoms with Crippen LogP contribution in [0.25, 0.3) is 11.0 Å². The third-order valence-electron chi connectivity index (χ3n) is 3.53. The third-order valence-corrected chi connectivity index (χ3v) is 4.53. The summed E-state index contributed by atoms with van der Waals surface area (Å²) in [7, 11) is 1.75. The van der Waals surface area contributed by atoms with E-state index in [0.717, 1.165) is 30.1 Å². The molecule has 0 radical (unpaired) electrons. The molecule has 1 aromatic carbocycles. The number of halogens is 1. The molecule has 0 unspecified atom stereocenters. The number of imidazole rings is 1. The summed E-state index contributed by atoms with van der Waals surface area (Å²) in [4.78, 5) is 10.1. The molecule has 1 aliphatic rings. The van der Waals surface area contributed by atoms with Gasteiger partial charge in [-0.05, 0) is 37.0 Å². The lowest BCUT2D eigenvalue weighted by Gasteiger charge is -2.25. The van der Waals surface area contributed by atoms with Crippen molar-refractivity contribution < 1.29 is 8.42 Å². The molecule has 0 amide bonds. The smallest absolute Gasteiger partial charge is 0.236 e. The average Bonchev–Trinajstić information content (AvgIpc) is 2.81. The first kappa shape index (κ1) is 13.7. The van der Waals surface area contributed by atoms with Crippen LogP contribution in [0.4, 0.5) is 5.95 Å². The molecule has 2 aromatic rings. The number of benzene rings is 1. The van der Waals surface area contributed by atoms with Gasteiger partial charge in [-0.2, -0.15) is 0 Å². The minimum Gasteiger partial charge on any atom is -0.342 e. The second-order valence-electron chi connectivity index (χ2n) is 5.14. The highest BCUT2D eigenvalue weighted by atomic mass is 35.7. The molecule has 0 saturated carbocycles. The Morgan fingerprint density at radius 3 is 2.70 bits per heavy atom. The Hall–Kier alpha value is -1.27. The first-order valence-corrected chi connectivity index (χ1v) is 9.15. The number of nitrogens with one attached hydrogen (secondary N) is 1. The number of fused-ring (bicyclic) bond motifs is 1. The van der Waals surface area contributed by atoms with Crippen LogP contribution in [0.3, 0.4) is 0 Å². The summed E-state index contributed by atoms with van der Waals surface area (Å²) in [6.45, 7) is 2.03. The molecule has 7 heteroatoms. The van der Waals surface area contributed by atoms with E-state index >= 15 is 0 Å². The number of H-pyrrole nitrogens is 1. The Bertz CT molecular complexity index is 720. The molecule has 0 bridgehead atoms. The SMILES string of the molecule is O=S(=O)(Cl)Cc1ccc2nc(N3CCCCC3)[nH]c2c1. The Balaban J connectivity index is 1.90. The van der Waals surface area contributed by atoms with Crippen LogP contribution in [0.1, 0.15) is 24.8 Å². The summed E-state index contributed by atoms with van der Waals surface area (Å²) in [5.41, 5.74) is 2.37. The lowest BCUT2D eigenvalue weighted by molar-refractivity contribution is 0.570. The maximum absolute atomic E-state index is 11.1. The van der Waals surface area contributed by atoms with Crippen LogP contribution < -0.4 is 4.90 Å². The van der Waals surface area contributed by atoms with Crippen LogP contribution in [0, 0.1) is 0 Å². The van der Waals surface area contributed by atoms with Crippen LogP contribution in [0.15, 0.2) is 18.2 Å². The molecule has 1 fully saturated rings. The molecule has 1 saturated heterocycles. The molecular weight excluding hydrogens is 298 g/mol. The first-order chi connectivity index (χ1) is 9.51. The molecule has 1 aliphatic heterocycles. The van der Waals surface area contributed by atoms with Gasteiger partial charge in [0.1, 0.15) is 0 Å². The van der Waals surface area contributed by atoms with Gasteiger partial charge in [0.05, 0.1) is 16.8 Å². The van der Waals surface area contributed by atoms with E-state index < -0.39 is 9.05 Å². The van der Waals surface area contributed by atoms with Crippen LogP contribution in [-0.2, 0) is 14.8 Å². The van der Waals surface area contributed by atoms with Crippen molar-refractivity contribution in [2.45, 2.75) is 25.0 Å². The van der Waals surface area contributed by atoms with E-state index in [2.05, 4.69) is 14.9 Å². The lowest BCUT2D eigenvalue weighted by Crippen LogP contribution is -2.30. The third kappa shape index (κ3) is 3.07. The minimum absolute atomic E-state index is 0.164. The number of hydrogen-bond acceptors (Lipinski definition) is 4. The van der Waals surface area contributed by atoms with E-state index in [-0.39, 0.29) is 5.75 Å². The highest BCUT2D eigenvalue weighted by molar-refractivity contribution is 8.13. The maximum Gasteiger partial charge on any atom is 0.236 e. The van der Waals surface area contributed by atoms with E-state index in [9.17, 15) is 8.42 Å². The predicted molar refractivity (Wildman–Crippen MR) is 80.6 cm³/mol. The Kier molecular flexibility index (Phi) is 3.60. The number of anilines is 1. The summed E-state index contributed by atoms with van der Waals surface area (Å²) in [6.07, 6.45) is 3.65. The Morgan fingerprint density at radius 2 is 2.00 bits per heavy atom. The van der Waals surface area contributed by atoms with Crippen molar-refractivity contribution in [3.05, 3.63) is 23.8 Å². The molecule has 20 heavy (non-hydrogen) atoms. The van der Waals surface area contributed by atoms with Crippen molar-refractivity contribution in [3.63, 3.8) is 0 Å². The molecule has 0 aliphatic carbocycles. The fourth-order valence-corrected chi connectivity index (χ4v) is 3.54. The largest absolute Gasteiger partial charge is 0.342 e. The van der Waals surface area contributed by atoms with E-state index in [1.807, 2.05) is 6.07 Å². The molecule has 0 atom stereocenters. The van der Waals surface area contributed by atoms with E-state index in [4.69, 9.17) is 10.7 Å². The van der Waals surface area contributed by atoms with Gasteiger partial charge in [0.25, 0.3) is 0 Å². The highest BCUT2D eigenvalue weighted by Crippen LogP contribution is 2.22. The predicted octanol–water partition coefficient (Wildman–Crippen LogP) is 2.62. The normalized spacial score (nSPS) is 16.8. The number of piperidine rings is 1. The summed E-state index contributed by atoms with van der Waals surface area (Å²) in [5, 5.41) is 0. The zero-order valence-corrected chi connectivity index (χ0v) is 12.5. The number of nitrogens with zero attached hydrogens (tertiary/aromatic N) is 2. The van der Waals surface area contributed by atoms with Gasteiger partial charge in [0.15, 0.2) is 0 Å². The van der Waals surface area contributed by atoms with Crippen molar-refractivity contribution in [3.8, 4) is 0 Å². The standard InChI is InChI=1S/C13H16ClN3O2S/c14-20(18,19)9-10-4-5-11-12(8-10)16-13(15-11)17-6-2-1-3-7-17/h4-5,8H,1-3,6-7,9H2,(H,15,16). The second kappa shape index (κ2) is 5.26. The van der Waals surface area contributed by atoms with Crippen LogP contribution >= 0.6 is 10.7 Å². The van der Waals surface area contributed by atoms with Gasteiger partial charge in [0.2, 0.25) is 15.0 Å². The Morgan fingerprint density at radius 1 is 1.25 bits per heavy atom.